The van der Waals surface area contributed by atoms with Crippen molar-refractivity contribution >= 4 is 35.0 Å². The molecule has 0 radical (unpaired) electrons. The number of amides is 4. The van der Waals surface area contributed by atoms with Crippen molar-refractivity contribution < 1.29 is 19.2 Å². The largest absolute Gasteiger partial charge is 0.301 e. The minimum atomic E-state index is -0.601. The zero-order chi connectivity index (χ0) is 25.1. The molecule has 2 heterocycles. The monoisotopic (exact) mass is 482 g/mol. The number of carbonyl (C=O) groups excluding carboxylic acids is 4. The molecule has 3 aromatic carbocycles. The number of nitrogens with zero attached hydrogens (tertiary/aromatic N) is 2. The Labute approximate surface area is 208 Å². The second-order valence-electron chi connectivity index (χ2n) is 8.90. The molecule has 0 saturated carbocycles. The van der Waals surface area contributed by atoms with Crippen LogP contribution >= 0.6 is 0 Å². The standard InChI is InChI=1S/C28H26N4O4/c33-25-15-23(29-17-19-7-3-1-4-8-19)27(35)31(25)21-11-13-22(14-12-21)32-26(34)16-24(28(32)36)30-18-20-9-5-2-6-10-20/h1-14,23-24,29-30H,15-18H2. The summed E-state index contributed by atoms with van der Waals surface area (Å²) in [5.74, 6) is -1.22. The van der Waals surface area contributed by atoms with Crippen molar-refractivity contribution in [2.24, 2.45) is 0 Å². The van der Waals surface area contributed by atoms with Gasteiger partial charge < -0.3 is 10.6 Å². The molecule has 2 fully saturated rings. The van der Waals surface area contributed by atoms with Crippen molar-refractivity contribution in [2.45, 2.75) is 38.0 Å². The molecule has 8 heteroatoms. The molecule has 0 spiro atoms. The Morgan fingerprint density at radius 3 is 1.28 bits per heavy atom. The van der Waals surface area contributed by atoms with Crippen LogP contribution in [0.15, 0.2) is 84.9 Å². The van der Waals surface area contributed by atoms with Gasteiger partial charge in [-0.15, -0.1) is 0 Å². The van der Waals surface area contributed by atoms with Gasteiger partial charge in [0.2, 0.25) is 11.8 Å². The summed E-state index contributed by atoms with van der Waals surface area (Å²) in [6.45, 7) is 0.964. The summed E-state index contributed by atoms with van der Waals surface area (Å²) >= 11 is 0. The fraction of sp³-hybridized carbons (Fsp3) is 0.214. The Morgan fingerprint density at radius 1 is 0.556 bits per heavy atom. The number of benzene rings is 3. The lowest BCUT2D eigenvalue weighted by molar-refractivity contribution is -0.123. The van der Waals surface area contributed by atoms with Crippen molar-refractivity contribution in [1.29, 1.82) is 0 Å². The average molecular weight is 483 g/mol. The van der Waals surface area contributed by atoms with E-state index in [1.807, 2.05) is 60.7 Å². The van der Waals surface area contributed by atoms with Gasteiger partial charge in [0.15, 0.2) is 0 Å². The number of carbonyl (C=O) groups is 4. The van der Waals surface area contributed by atoms with E-state index in [1.54, 1.807) is 24.3 Å². The van der Waals surface area contributed by atoms with E-state index in [9.17, 15) is 19.2 Å². The zero-order valence-corrected chi connectivity index (χ0v) is 19.6. The van der Waals surface area contributed by atoms with Gasteiger partial charge in [0.05, 0.1) is 36.3 Å². The van der Waals surface area contributed by atoms with Crippen LogP contribution in [0.1, 0.15) is 24.0 Å². The van der Waals surface area contributed by atoms with Crippen LogP contribution in [0.2, 0.25) is 0 Å². The summed E-state index contributed by atoms with van der Waals surface area (Å²) in [7, 11) is 0. The first-order valence-corrected chi connectivity index (χ1v) is 11.9. The second kappa shape index (κ2) is 10.2. The third-order valence-electron chi connectivity index (χ3n) is 6.45. The summed E-state index contributed by atoms with van der Waals surface area (Å²) in [4.78, 5) is 53.4. The Bertz CT molecular complexity index is 1180. The molecule has 0 aromatic heterocycles. The van der Waals surface area contributed by atoms with Gasteiger partial charge in [-0.3, -0.25) is 19.2 Å². The van der Waals surface area contributed by atoms with Crippen molar-refractivity contribution in [1.82, 2.24) is 10.6 Å². The number of imide groups is 2. The van der Waals surface area contributed by atoms with E-state index in [0.29, 0.717) is 24.5 Å². The minimum Gasteiger partial charge on any atom is -0.301 e. The lowest BCUT2D eigenvalue weighted by Crippen LogP contribution is -2.39. The van der Waals surface area contributed by atoms with Gasteiger partial charge in [-0.1, -0.05) is 60.7 Å². The highest BCUT2D eigenvalue weighted by Crippen LogP contribution is 2.28. The maximum Gasteiger partial charge on any atom is 0.251 e. The average Bonchev–Trinajstić information content (AvgIpc) is 3.35. The van der Waals surface area contributed by atoms with E-state index < -0.39 is 12.1 Å². The summed E-state index contributed by atoms with van der Waals surface area (Å²) in [6.07, 6.45) is 0.149. The predicted octanol–water partition coefficient (Wildman–Crippen LogP) is 2.53. The molecule has 2 saturated heterocycles. The first-order chi connectivity index (χ1) is 17.5. The highest BCUT2D eigenvalue weighted by molar-refractivity contribution is 6.24. The first kappa shape index (κ1) is 23.6. The number of anilines is 2. The van der Waals surface area contributed by atoms with Crippen LogP contribution in [0.4, 0.5) is 11.4 Å². The SMILES string of the molecule is O=C1CC(NCc2ccccc2)C(=O)N1c1ccc(N2C(=O)CC(NCc3ccccc3)C2=O)cc1. The number of nitrogens with one attached hydrogen (secondary N) is 2. The van der Waals surface area contributed by atoms with Gasteiger partial charge >= 0.3 is 0 Å². The summed E-state index contributed by atoms with van der Waals surface area (Å²) in [5, 5.41) is 6.32. The molecule has 2 unspecified atom stereocenters. The molecule has 2 atom stereocenters. The molecule has 36 heavy (non-hydrogen) atoms. The van der Waals surface area contributed by atoms with E-state index in [0.717, 1.165) is 20.9 Å². The van der Waals surface area contributed by atoms with Gasteiger partial charge in [-0.05, 0) is 35.4 Å². The van der Waals surface area contributed by atoms with Gasteiger partial charge in [-0.25, -0.2) is 9.80 Å². The van der Waals surface area contributed by atoms with E-state index in [1.165, 1.54) is 0 Å². The van der Waals surface area contributed by atoms with Gasteiger partial charge in [0.25, 0.3) is 11.8 Å². The molecule has 2 N–H and O–H groups in total. The van der Waals surface area contributed by atoms with Crippen LogP contribution in [0.3, 0.4) is 0 Å². The van der Waals surface area contributed by atoms with E-state index in [2.05, 4.69) is 10.6 Å². The topological polar surface area (TPSA) is 98.8 Å². The normalized spacial score (nSPS) is 20.0. The third-order valence-corrected chi connectivity index (χ3v) is 6.45. The van der Waals surface area contributed by atoms with Crippen molar-refractivity contribution in [3.63, 3.8) is 0 Å². The Kier molecular flexibility index (Phi) is 6.71. The van der Waals surface area contributed by atoms with Crippen molar-refractivity contribution in [3.05, 3.63) is 96.1 Å². The Hall–Kier alpha value is -4.14. The third kappa shape index (κ3) is 4.82. The summed E-state index contributed by atoms with van der Waals surface area (Å²) in [5.41, 5.74) is 2.88. The number of hydrogen-bond acceptors (Lipinski definition) is 6. The van der Waals surface area contributed by atoms with Gasteiger partial charge in [0.1, 0.15) is 0 Å². The molecule has 8 nitrogen and oxygen atoms in total. The first-order valence-electron chi connectivity index (χ1n) is 11.9. The summed E-state index contributed by atoms with van der Waals surface area (Å²) in [6, 6.07) is 24.5. The maximum atomic E-state index is 12.9. The number of hydrogen-bond donors (Lipinski definition) is 2. The minimum absolute atomic E-state index is 0.0747. The Morgan fingerprint density at radius 2 is 0.917 bits per heavy atom. The van der Waals surface area contributed by atoms with E-state index >= 15 is 0 Å². The van der Waals surface area contributed by atoms with E-state index in [-0.39, 0.29) is 36.5 Å². The maximum absolute atomic E-state index is 12.9. The molecule has 0 aliphatic carbocycles. The molecule has 4 amide bonds. The highest BCUT2D eigenvalue weighted by Gasteiger charge is 2.41. The number of rotatable bonds is 8. The van der Waals surface area contributed by atoms with Crippen LogP contribution in [-0.4, -0.2) is 35.7 Å². The van der Waals surface area contributed by atoms with Gasteiger partial charge in [0, 0.05) is 13.1 Å². The molecule has 182 valence electrons. The molecular formula is C28H26N4O4. The van der Waals surface area contributed by atoms with Gasteiger partial charge in [-0.2, -0.15) is 0 Å². The van der Waals surface area contributed by atoms with Crippen LogP contribution in [0.25, 0.3) is 0 Å². The van der Waals surface area contributed by atoms with Crippen LogP contribution in [0.5, 0.6) is 0 Å². The fourth-order valence-electron chi connectivity index (χ4n) is 4.55. The van der Waals surface area contributed by atoms with Crippen LogP contribution in [-0.2, 0) is 32.3 Å². The van der Waals surface area contributed by atoms with E-state index in [4.69, 9.17) is 0 Å². The molecule has 5 rings (SSSR count). The molecule has 2 aliphatic heterocycles. The molecule has 2 aliphatic rings. The smallest absolute Gasteiger partial charge is 0.251 e. The van der Waals surface area contributed by atoms with Crippen molar-refractivity contribution in [3.8, 4) is 0 Å². The lowest BCUT2D eigenvalue weighted by atomic mass is 10.2. The Balaban J connectivity index is 1.23. The zero-order valence-electron chi connectivity index (χ0n) is 19.6. The fourth-order valence-corrected chi connectivity index (χ4v) is 4.55. The van der Waals surface area contributed by atoms with Crippen LogP contribution < -0.4 is 20.4 Å². The summed E-state index contributed by atoms with van der Waals surface area (Å²) < 4.78 is 0. The molecule has 0 bridgehead atoms. The lowest BCUT2D eigenvalue weighted by Gasteiger charge is -2.19. The second-order valence-corrected chi connectivity index (χ2v) is 8.90. The van der Waals surface area contributed by atoms with Crippen LogP contribution in [0, 0.1) is 0 Å². The highest BCUT2D eigenvalue weighted by atomic mass is 16.2. The molecular weight excluding hydrogens is 456 g/mol. The predicted molar refractivity (Wildman–Crippen MR) is 135 cm³/mol. The molecule has 3 aromatic rings. The quantitative estimate of drug-likeness (QED) is 0.479. The van der Waals surface area contributed by atoms with Crippen molar-refractivity contribution in [2.75, 3.05) is 9.80 Å².